The zero-order valence-corrected chi connectivity index (χ0v) is 11.9. The average Bonchev–Trinajstić information content (AvgIpc) is 2.47. The first-order chi connectivity index (χ1) is 9.58. The Morgan fingerprint density at radius 2 is 1.95 bits per heavy atom. The Hall–Kier alpha value is -2.28. The SMILES string of the molecule is Nc1ncc(Br)nc1C(=O)NCC(=O)c1ccccc1. The first-order valence-electron chi connectivity index (χ1n) is 5.72. The van der Waals surface area contributed by atoms with Crippen molar-refractivity contribution < 1.29 is 9.59 Å². The van der Waals surface area contributed by atoms with Gasteiger partial charge in [-0.2, -0.15) is 0 Å². The molecule has 20 heavy (non-hydrogen) atoms. The van der Waals surface area contributed by atoms with Crippen LogP contribution in [0.1, 0.15) is 20.8 Å². The summed E-state index contributed by atoms with van der Waals surface area (Å²) in [5.74, 6) is -0.723. The standard InChI is InChI=1S/C13H11BrN4O2/c14-10-7-16-12(15)11(18-10)13(20)17-6-9(19)8-4-2-1-3-5-8/h1-5,7H,6H2,(H2,15,16)(H,17,20). The minimum absolute atomic E-state index is 0.0119. The maximum absolute atomic E-state index is 11.9. The summed E-state index contributed by atoms with van der Waals surface area (Å²) in [5, 5.41) is 2.47. The number of hydrogen-bond donors (Lipinski definition) is 2. The number of Topliss-reactive ketones (excluding diaryl/α,β-unsaturated/α-hetero) is 1. The van der Waals surface area contributed by atoms with Crippen LogP contribution in [0.4, 0.5) is 5.82 Å². The summed E-state index contributed by atoms with van der Waals surface area (Å²) in [4.78, 5) is 31.5. The van der Waals surface area contributed by atoms with Gasteiger partial charge < -0.3 is 11.1 Å². The lowest BCUT2D eigenvalue weighted by molar-refractivity contribution is 0.0901. The van der Waals surface area contributed by atoms with Crippen LogP contribution in [0.5, 0.6) is 0 Å². The molecule has 0 saturated heterocycles. The molecule has 1 aromatic carbocycles. The number of nitrogens with zero attached hydrogens (tertiary/aromatic N) is 2. The average molecular weight is 335 g/mol. The van der Waals surface area contributed by atoms with Gasteiger partial charge in [-0.25, -0.2) is 9.97 Å². The quantitative estimate of drug-likeness (QED) is 0.824. The topological polar surface area (TPSA) is 98.0 Å². The predicted molar refractivity (Wildman–Crippen MR) is 77.3 cm³/mol. The number of anilines is 1. The Morgan fingerprint density at radius 1 is 1.25 bits per heavy atom. The normalized spacial score (nSPS) is 10.1. The molecule has 0 atom stereocenters. The van der Waals surface area contributed by atoms with Gasteiger partial charge >= 0.3 is 0 Å². The van der Waals surface area contributed by atoms with Gasteiger partial charge in [0, 0.05) is 5.56 Å². The molecule has 0 aliphatic carbocycles. The molecular weight excluding hydrogens is 324 g/mol. The molecule has 7 heteroatoms. The molecule has 1 amide bonds. The van der Waals surface area contributed by atoms with E-state index in [0.29, 0.717) is 10.2 Å². The number of carbonyl (C=O) groups excluding carboxylic acids is 2. The smallest absolute Gasteiger partial charge is 0.274 e. The lowest BCUT2D eigenvalue weighted by Gasteiger charge is -2.06. The van der Waals surface area contributed by atoms with Crippen LogP contribution in [0.15, 0.2) is 41.1 Å². The Morgan fingerprint density at radius 3 is 2.65 bits per heavy atom. The molecule has 102 valence electrons. The molecule has 0 spiro atoms. The third-order valence-electron chi connectivity index (χ3n) is 2.49. The van der Waals surface area contributed by atoms with Gasteiger partial charge in [0.15, 0.2) is 17.3 Å². The van der Waals surface area contributed by atoms with Crippen molar-refractivity contribution in [3.63, 3.8) is 0 Å². The van der Waals surface area contributed by atoms with Crippen LogP contribution in [-0.2, 0) is 0 Å². The minimum Gasteiger partial charge on any atom is -0.382 e. The van der Waals surface area contributed by atoms with Crippen LogP contribution in [0.2, 0.25) is 0 Å². The summed E-state index contributed by atoms with van der Waals surface area (Å²) in [5.41, 5.74) is 6.08. The lowest BCUT2D eigenvalue weighted by atomic mass is 10.1. The number of nitrogens with two attached hydrogens (primary N) is 1. The zero-order chi connectivity index (χ0) is 14.5. The molecule has 0 saturated carbocycles. The largest absolute Gasteiger partial charge is 0.382 e. The molecule has 6 nitrogen and oxygen atoms in total. The van der Waals surface area contributed by atoms with Gasteiger partial charge in [0.05, 0.1) is 12.7 Å². The fourth-order valence-electron chi connectivity index (χ4n) is 1.51. The van der Waals surface area contributed by atoms with Gasteiger partial charge in [0.2, 0.25) is 0 Å². The van der Waals surface area contributed by atoms with Crippen molar-refractivity contribution >= 4 is 33.4 Å². The van der Waals surface area contributed by atoms with E-state index in [9.17, 15) is 9.59 Å². The van der Waals surface area contributed by atoms with Gasteiger partial charge in [-0.15, -0.1) is 0 Å². The first kappa shape index (κ1) is 14.1. The summed E-state index contributed by atoms with van der Waals surface area (Å²) < 4.78 is 0.395. The summed E-state index contributed by atoms with van der Waals surface area (Å²) in [6.45, 7) is -0.128. The molecule has 0 radical (unpaired) electrons. The van der Waals surface area contributed by atoms with E-state index in [2.05, 4.69) is 31.2 Å². The molecule has 0 bridgehead atoms. The second-order valence-electron chi connectivity index (χ2n) is 3.90. The second-order valence-corrected chi connectivity index (χ2v) is 4.71. The highest BCUT2D eigenvalue weighted by molar-refractivity contribution is 9.10. The summed E-state index contributed by atoms with van der Waals surface area (Å²) >= 11 is 3.11. The Kier molecular flexibility index (Phi) is 4.41. The van der Waals surface area contributed by atoms with E-state index in [1.165, 1.54) is 6.20 Å². The number of ketones is 1. The lowest BCUT2D eigenvalue weighted by Crippen LogP contribution is -2.31. The van der Waals surface area contributed by atoms with Crippen molar-refractivity contribution in [2.45, 2.75) is 0 Å². The number of benzene rings is 1. The van der Waals surface area contributed by atoms with Gasteiger partial charge in [-0.1, -0.05) is 30.3 Å². The highest BCUT2D eigenvalue weighted by atomic mass is 79.9. The van der Waals surface area contributed by atoms with E-state index in [0.717, 1.165) is 0 Å². The molecule has 3 N–H and O–H groups in total. The fraction of sp³-hybridized carbons (Fsp3) is 0.0769. The number of aromatic nitrogens is 2. The van der Waals surface area contributed by atoms with E-state index in [-0.39, 0.29) is 23.8 Å². The van der Waals surface area contributed by atoms with Crippen molar-refractivity contribution in [2.75, 3.05) is 12.3 Å². The minimum atomic E-state index is -0.541. The van der Waals surface area contributed by atoms with Crippen LogP contribution >= 0.6 is 15.9 Å². The second kappa shape index (κ2) is 6.25. The van der Waals surface area contributed by atoms with E-state index >= 15 is 0 Å². The fourth-order valence-corrected chi connectivity index (χ4v) is 1.79. The van der Waals surface area contributed by atoms with E-state index in [1.54, 1.807) is 24.3 Å². The number of nitrogens with one attached hydrogen (secondary N) is 1. The van der Waals surface area contributed by atoms with Crippen LogP contribution in [0.3, 0.4) is 0 Å². The molecule has 0 unspecified atom stereocenters. The number of nitrogen functional groups attached to an aromatic ring is 1. The van der Waals surface area contributed by atoms with E-state index in [4.69, 9.17) is 5.73 Å². The molecule has 1 heterocycles. The van der Waals surface area contributed by atoms with Crippen molar-refractivity contribution in [3.05, 3.63) is 52.4 Å². The Labute approximate surface area is 123 Å². The molecule has 0 aliphatic rings. The number of halogens is 1. The molecule has 2 rings (SSSR count). The Balaban J connectivity index is 2.02. The van der Waals surface area contributed by atoms with Crippen LogP contribution in [-0.4, -0.2) is 28.2 Å². The number of rotatable bonds is 4. The molecule has 2 aromatic rings. The van der Waals surface area contributed by atoms with Crippen LogP contribution in [0, 0.1) is 0 Å². The molecule has 0 aliphatic heterocycles. The Bertz CT molecular complexity index is 646. The van der Waals surface area contributed by atoms with Gasteiger partial charge in [0.1, 0.15) is 4.60 Å². The maximum Gasteiger partial charge on any atom is 0.274 e. The monoisotopic (exact) mass is 334 g/mol. The third-order valence-corrected chi connectivity index (χ3v) is 2.87. The van der Waals surface area contributed by atoms with Crippen molar-refractivity contribution in [3.8, 4) is 0 Å². The number of amides is 1. The number of hydrogen-bond acceptors (Lipinski definition) is 5. The van der Waals surface area contributed by atoms with E-state index in [1.807, 2.05) is 6.07 Å². The van der Waals surface area contributed by atoms with Gasteiger partial charge in [-0.3, -0.25) is 9.59 Å². The molecular formula is C13H11BrN4O2. The summed E-state index contributed by atoms with van der Waals surface area (Å²) in [7, 11) is 0. The van der Waals surface area contributed by atoms with Gasteiger partial charge in [0.25, 0.3) is 5.91 Å². The maximum atomic E-state index is 11.9. The van der Waals surface area contributed by atoms with Gasteiger partial charge in [-0.05, 0) is 15.9 Å². The highest BCUT2D eigenvalue weighted by Crippen LogP contribution is 2.10. The van der Waals surface area contributed by atoms with Crippen LogP contribution < -0.4 is 11.1 Å². The van der Waals surface area contributed by atoms with Crippen LogP contribution in [0.25, 0.3) is 0 Å². The zero-order valence-electron chi connectivity index (χ0n) is 10.3. The van der Waals surface area contributed by atoms with Crippen molar-refractivity contribution in [1.29, 1.82) is 0 Å². The van der Waals surface area contributed by atoms with Crippen molar-refractivity contribution in [1.82, 2.24) is 15.3 Å². The molecule has 0 fully saturated rings. The first-order valence-corrected chi connectivity index (χ1v) is 6.51. The summed E-state index contributed by atoms with van der Waals surface area (Å²) in [6, 6.07) is 8.69. The summed E-state index contributed by atoms with van der Waals surface area (Å²) in [6.07, 6.45) is 1.39. The van der Waals surface area contributed by atoms with Crippen molar-refractivity contribution in [2.24, 2.45) is 0 Å². The molecule has 1 aromatic heterocycles. The predicted octanol–water partition coefficient (Wildman–Crippen LogP) is 1.43. The number of carbonyl (C=O) groups is 2. The highest BCUT2D eigenvalue weighted by Gasteiger charge is 2.14. The van der Waals surface area contributed by atoms with E-state index < -0.39 is 5.91 Å². The third kappa shape index (κ3) is 3.39.